The second kappa shape index (κ2) is 7.44. The first-order valence-corrected chi connectivity index (χ1v) is 7.48. The normalized spacial score (nSPS) is 10.8. The van der Waals surface area contributed by atoms with Crippen molar-refractivity contribution in [3.05, 3.63) is 72.5 Å². The number of carbonyl (C=O) groups is 1. The lowest BCUT2D eigenvalue weighted by atomic mass is 10.1. The molecule has 0 fully saturated rings. The van der Waals surface area contributed by atoms with Gasteiger partial charge in [-0.1, -0.05) is 18.2 Å². The number of aromatic nitrogens is 1. The molecule has 0 spiro atoms. The molecule has 0 bridgehead atoms. The van der Waals surface area contributed by atoms with Crippen molar-refractivity contribution in [3.8, 4) is 17.1 Å². The van der Waals surface area contributed by atoms with Crippen molar-refractivity contribution in [1.82, 2.24) is 4.98 Å². The first-order chi connectivity index (χ1) is 12.2. The number of benzene rings is 2. The zero-order valence-electron chi connectivity index (χ0n) is 13.4. The van der Waals surface area contributed by atoms with Crippen molar-refractivity contribution in [2.24, 2.45) is 0 Å². The molecule has 0 saturated heterocycles. The highest BCUT2D eigenvalue weighted by molar-refractivity contribution is 6.02. The standard InChI is InChI=1S/C19H15FN2O3/c1-24-17-10-14(7-8-15(17)18-11-21-12-25-18)22-19(23)9-6-13-4-2-3-5-16(13)20/h2-12H,1H3,(H,22,23)/b9-6+. The molecule has 0 aliphatic rings. The van der Waals surface area contributed by atoms with E-state index in [1.54, 1.807) is 42.6 Å². The van der Waals surface area contributed by atoms with Crippen molar-refractivity contribution in [1.29, 1.82) is 0 Å². The zero-order chi connectivity index (χ0) is 17.6. The summed E-state index contributed by atoms with van der Waals surface area (Å²) in [6, 6.07) is 11.4. The SMILES string of the molecule is COc1cc(NC(=O)/C=C/c2ccccc2F)ccc1-c1cnco1. The number of ether oxygens (including phenoxy) is 1. The van der Waals surface area contributed by atoms with Crippen molar-refractivity contribution in [2.75, 3.05) is 12.4 Å². The molecule has 0 saturated carbocycles. The van der Waals surface area contributed by atoms with Crippen molar-refractivity contribution in [2.45, 2.75) is 0 Å². The Morgan fingerprint density at radius 3 is 2.84 bits per heavy atom. The number of rotatable bonds is 5. The van der Waals surface area contributed by atoms with E-state index in [4.69, 9.17) is 9.15 Å². The quantitative estimate of drug-likeness (QED) is 0.710. The van der Waals surface area contributed by atoms with Gasteiger partial charge in [0.15, 0.2) is 12.2 Å². The number of halogens is 1. The molecule has 3 rings (SSSR count). The Kier molecular flexibility index (Phi) is 4.89. The Labute approximate surface area is 143 Å². The Morgan fingerprint density at radius 2 is 2.12 bits per heavy atom. The summed E-state index contributed by atoms with van der Waals surface area (Å²) < 4.78 is 24.1. The van der Waals surface area contributed by atoms with Crippen LogP contribution in [0.5, 0.6) is 5.75 Å². The average Bonchev–Trinajstić information content (AvgIpc) is 3.15. The van der Waals surface area contributed by atoms with Crippen molar-refractivity contribution >= 4 is 17.7 Å². The van der Waals surface area contributed by atoms with E-state index in [1.807, 2.05) is 0 Å². The van der Waals surface area contributed by atoms with E-state index in [0.717, 1.165) is 5.56 Å². The first-order valence-electron chi connectivity index (χ1n) is 7.48. The molecule has 0 aliphatic carbocycles. The summed E-state index contributed by atoms with van der Waals surface area (Å²) in [6.07, 6.45) is 5.60. The summed E-state index contributed by atoms with van der Waals surface area (Å²) in [5.41, 5.74) is 1.61. The van der Waals surface area contributed by atoms with E-state index in [-0.39, 0.29) is 11.7 Å². The molecular weight excluding hydrogens is 323 g/mol. The van der Waals surface area contributed by atoms with Crippen LogP contribution in [0, 0.1) is 5.82 Å². The van der Waals surface area contributed by atoms with Gasteiger partial charge in [0.2, 0.25) is 5.91 Å². The summed E-state index contributed by atoms with van der Waals surface area (Å²) >= 11 is 0. The van der Waals surface area contributed by atoms with Crippen LogP contribution in [0.2, 0.25) is 0 Å². The molecule has 126 valence electrons. The average molecular weight is 338 g/mol. The maximum absolute atomic E-state index is 13.5. The van der Waals surface area contributed by atoms with E-state index in [9.17, 15) is 9.18 Å². The molecule has 2 aromatic carbocycles. The number of nitrogens with zero attached hydrogens (tertiary/aromatic N) is 1. The van der Waals surface area contributed by atoms with Crippen LogP contribution in [0.15, 0.2) is 65.5 Å². The molecule has 25 heavy (non-hydrogen) atoms. The highest BCUT2D eigenvalue weighted by Gasteiger charge is 2.10. The monoisotopic (exact) mass is 338 g/mol. The minimum Gasteiger partial charge on any atom is -0.496 e. The third-order valence-corrected chi connectivity index (χ3v) is 3.49. The van der Waals surface area contributed by atoms with E-state index in [0.29, 0.717) is 22.8 Å². The van der Waals surface area contributed by atoms with Gasteiger partial charge in [0.05, 0.1) is 18.9 Å². The fourth-order valence-corrected chi connectivity index (χ4v) is 2.28. The van der Waals surface area contributed by atoms with Crippen LogP contribution in [0.4, 0.5) is 10.1 Å². The molecule has 0 unspecified atom stereocenters. The molecule has 1 aromatic heterocycles. The lowest BCUT2D eigenvalue weighted by Gasteiger charge is -2.09. The Morgan fingerprint density at radius 1 is 1.28 bits per heavy atom. The highest BCUT2D eigenvalue weighted by atomic mass is 19.1. The van der Waals surface area contributed by atoms with E-state index >= 15 is 0 Å². The Bertz CT molecular complexity index is 905. The predicted molar refractivity (Wildman–Crippen MR) is 92.6 cm³/mol. The van der Waals surface area contributed by atoms with Gasteiger partial charge >= 0.3 is 0 Å². The number of hydrogen-bond donors (Lipinski definition) is 1. The smallest absolute Gasteiger partial charge is 0.248 e. The molecule has 0 aliphatic heterocycles. The first kappa shape index (κ1) is 16.4. The lowest BCUT2D eigenvalue weighted by Crippen LogP contribution is -2.08. The molecule has 0 atom stereocenters. The lowest BCUT2D eigenvalue weighted by molar-refractivity contribution is -0.111. The number of oxazole rings is 1. The zero-order valence-corrected chi connectivity index (χ0v) is 13.4. The van der Waals surface area contributed by atoms with Crippen LogP contribution < -0.4 is 10.1 Å². The molecule has 3 aromatic rings. The van der Waals surface area contributed by atoms with Crippen LogP contribution in [0.3, 0.4) is 0 Å². The number of hydrogen-bond acceptors (Lipinski definition) is 4. The van der Waals surface area contributed by atoms with Gasteiger partial charge in [-0.15, -0.1) is 0 Å². The van der Waals surface area contributed by atoms with Crippen LogP contribution in [-0.2, 0) is 4.79 Å². The van der Waals surface area contributed by atoms with Gasteiger partial charge in [-0.05, 0) is 24.3 Å². The second-order valence-corrected chi connectivity index (χ2v) is 5.12. The third kappa shape index (κ3) is 3.92. The second-order valence-electron chi connectivity index (χ2n) is 5.12. The maximum Gasteiger partial charge on any atom is 0.248 e. The molecule has 6 heteroatoms. The minimum absolute atomic E-state index is 0.343. The van der Waals surface area contributed by atoms with Crippen LogP contribution >= 0.6 is 0 Å². The number of anilines is 1. The minimum atomic E-state index is -0.385. The Hall–Kier alpha value is -3.41. The van der Waals surface area contributed by atoms with Gasteiger partial charge in [0.25, 0.3) is 0 Å². The van der Waals surface area contributed by atoms with Gasteiger partial charge in [-0.25, -0.2) is 9.37 Å². The molecule has 5 nitrogen and oxygen atoms in total. The van der Waals surface area contributed by atoms with E-state index in [1.165, 1.54) is 31.7 Å². The van der Waals surface area contributed by atoms with Gasteiger partial charge in [0, 0.05) is 23.4 Å². The van der Waals surface area contributed by atoms with E-state index in [2.05, 4.69) is 10.3 Å². The van der Waals surface area contributed by atoms with E-state index < -0.39 is 0 Å². The summed E-state index contributed by atoms with van der Waals surface area (Å²) in [7, 11) is 1.53. The van der Waals surface area contributed by atoms with Gasteiger partial charge in [0.1, 0.15) is 11.6 Å². The van der Waals surface area contributed by atoms with Crippen LogP contribution in [0.25, 0.3) is 17.4 Å². The van der Waals surface area contributed by atoms with Gasteiger partial charge in [-0.3, -0.25) is 4.79 Å². The Balaban J connectivity index is 1.74. The molecule has 1 N–H and O–H groups in total. The third-order valence-electron chi connectivity index (χ3n) is 3.49. The topological polar surface area (TPSA) is 64.4 Å². The molecule has 1 amide bonds. The predicted octanol–water partition coefficient (Wildman–Crippen LogP) is 4.14. The highest BCUT2D eigenvalue weighted by Crippen LogP contribution is 2.32. The fourth-order valence-electron chi connectivity index (χ4n) is 2.28. The molecular formula is C19H15FN2O3. The largest absolute Gasteiger partial charge is 0.496 e. The van der Waals surface area contributed by atoms with Gasteiger partial charge < -0.3 is 14.5 Å². The van der Waals surface area contributed by atoms with Gasteiger partial charge in [-0.2, -0.15) is 0 Å². The number of amides is 1. The van der Waals surface area contributed by atoms with Crippen LogP contribution in [-0.4, -0.2) is 18.0 Å². The number of nitrogens with one attached hydrogen (secondary N) is 1. The maximum atomic E-state index is 13.5. The summed E-state index contributed by atoms with van der Waals surface area (Å²) in [6.45, 7) is 0. The van der Waals surface area contributed by atoms with Crippen LogP contribution in [0.1, 0.15) is 5.56 Å². The van der Waals surface area contributed by atoms with Crippen molar-refractivity contribution in [3.63, 3.8) is 0 Å². The summed E-state index contributed by atoms with van der Waals surface area (Å²) in [5.74, 6) is 0.337. The fraction of sp³-hybridized carbons (Fsp3) is 0.0526. The number of methoxy groups -OCH3 is 1. The van der Waals surface area contributed by atoms with Crippen molar-refractivity contribution < 1.29 is 18.3 Å². The molecule has 0 radical (unpaired) electrons. The summed E-state index contributed by atoms with van der Waals surface area (Å²) in [4.78, 5) is 15.9. The summed E-state index contributed by atoms with van der Waals surface area (Å²) in [5, 5.41) is 2.70. The number of carbonyl (C=O) groups excluding carboxylic acids is 1. The molecule has 1 heterocycles.